The molecule has 0 aromatic heterocycles. The number of hydrogen-bond acceptors (Lipinski definition) is 4. The molecule has 1 aromatic carbocycles. The summed E-state index contributed by atoms with van der Waals surface area (Å²) < 4.78 is 26.8. The van der Waals surface area contributed by atoms with Gasteiger partial charge in [-0.1, -0.05) is 19.1 Å². The zero-order valence-corrected chi connectivity index (χ0v) is 13.7. The summed E-state index contributed by atoms with van der Waals surface area (Å²) in [6, 6.07) is 7.28. The maximum absolute atomic E-state index is 12.6. The van der Waals surface area contributed by atoms with E-state index >= 15 is 0 Å². The molecule has 1 aliphatic rings. The first-order valence-corrected chi connectivity index (χ1v) is 8.98. The van der Waals surface area contributed by atoms with Gasteiger partial charge in [-0.2, -0.15) is 4.31 Å². The van der Waals surface area contributed by atoms with Gasteiger partial charge in [-0.15, -0.1) is 0 Å². The van der Waals surface area contributed by atoms with Crippen molar-refractivity contribution >= 4 is 10.0 Å². The molecule has 0 spiro atoms. The van der Waals surface area contributed by atoms with Gasteiger partial charge >= 0.3 is 0 Å². The molecule has 0 atom stereocenters. The molecule has 0 bridgehead atoms. The van der Waals surface area contributed by atoms with Gasteiger partial charge in [0.05, 0.1) is 4.90 Å². The van der Waals surface area contributed by atoms with Gasteiger partial charge in [0.1, 0.15) is 0 Å². The third-order valence-electron chi connectivity index (χ3n) is 4.00. The SMILES string of the molecule is CCN1CCN(S(=O)(=O)c2ccc(CCNC)cc2)CC1. The van der Waals surface area contributed by atoms with Gasteiger partial charge in [0.25, 0.3) is 0 Å². The first-order chi connectivity index (χ1) is 10.1. The van der Waals surface area contributed by atoms with E-state index in [0.29, 0.717) is 18.0 Å². The summed E-state index contributed by atoms with van der Waals surface area (Å²) >= 11 is 0. The Labute approximate surface area is 128 Å². The first-order valence-electron chi connectivity index (χ1n) is 7.54. The molecule has 1 heterocycles. The summed E-state index contributed by atoms with van der Waals surface area (Å²) in [4.78, 5) is 2.67. The van der Waals surface area contributed by atoms with Crippen LogP contribution in [0.25, 0.3) is 0 Å². The molecule has 0 aliphatic carbocycles. The fourth-order valence-corrected chi connectivity index (χ4v) is 3.95. The van der Waals surface area contributed by atoms with Crippen LogP contribution in [-0.2, 0) is 16.4 Å². The Kier molecular flexibility index (Phi) is 5.75. The predicted molar refractivity (Wildman–Crippen MR) is 84.9 cm³/mol. The molecule has 1 N–H and O–H groups in total. The van der Waals surface area contributed by atoms with Gasteiger partial charge in [0.15, 0.2) is 0 Å². The Hall–Kier alpha value is -0.950. The molecule has 1 fully saturated rings. The zero-order valence-electron chi connectivity index (χ0n) is 12.9. The van der Waals surface area contributed by atoms with Crippen LogP contribution < -0.4 is 5.32 Å². The Morgan fingerprint density at radius 3 is 2.24 bits per heavy atom. The second-order valence-corrected chi connectivity index (χ2v) is 7.27. The summed E-state index contributed by atoms with van der Waals surface area (Å²) in [5.41, 5.74) is 1.15. The van der Waals surface area contributed by atoms with Gasteiger partial charge in [-0.05, 0) is 44.3 Å². The van der Waals surface area contributed by atoms with E-state index in [-0.39, 0.29) is 0 Å². The van der Waals surface area contributed by atoms with Crippen LogP contribution in [0.2, 0.25) is 0 Å². The summed E-state index contributed by atoms with van der Waals surface area (Å²) in [6.45, 7) is 6.77. The molecule has 118 valence electrons. The second kappa shape index (κ2) is 7.35. The van der Waals surface area contributed by atoms with E-state index in [4.69, 9.17) is 0 Å². The van der Waals surface area contributed by atoms with E-state index in [9.17, 15) is 8.42 Å². The smallest absolute Gasteiger partial charge is 0.243 e. The van der Waals surface area contributed by atoms with Crippen LogP contribution >= 0.6 is 0 Å². The number of nitrogens with zero attached hydrogens (tertiary/aromatic N) is 2. The summed E-state index contributed by atoms with van der Waals surface area (Å²) in [6.07, 6.45) is 0.909. The van der Waals surface area contributed by atoms with E-state index in [1.807, 2.05) is 19.2 Å². The molecule has 1 aliphatic heterocycles. The lowest BCUT2D eigenvalue weighted by molar-refractivity contribution is 0.196. The maximum Gasteiger partial charge on any atom is 0.243 e. The third-order valence-corrected chi connectivity index (χ3v) is 5.92. The van der Waals surface area contributed by atoms with Crippen molar-refractivity contribution in [3.05, 3.63) is 29.8 Å². The van der Waals surface area contributed by atoms with Crippen LogP contribution in [0, 0.1) is 0 Å². The number of piperazine rings is 1. The minimum atomic E-state index is -3.34. The average Bonchev–Trinajstić information content (AvgIpc) is 2.53. The standard InChI is InChI=1S/C15H25N3O2S/c1-3-17-10-12-18(13-11-17)21(19,20)15-6-4-14(5-7-15)8-9-16-2/h4-7,16H,3,8-13H2,1-2H3. The highest BCUT2D eigenvalue weighted by Crippen LogP contribution is 2.18. The Bertz CT molecular complexity index is 535. The number of sulfonamides is 1. The molecule has 0 saturated carbocycles. The van der Waals surface area contributed by atoms with Crippen molar-refractivity contribution < 1.29 is 8.42 Å². The van der Waals surface area contributed by atoms with Crippen LogP contribution in [0.4, 0.5) is 0 Å². The molecule has 6 heteroatoms. The molecular weight excluding hydrogens is 286 g/mol. The fraction of sp³-hybridized carbons (Fsp3) is 0.600. The highest BCUT2D eigenvalue weighted by Gasteiger charge is 2.27. The van der Waals surface area contributed by atoms with Crippen molar-refractivity contribution in [2.75, 3.05) is 46.3 Å². The number of benzene rings is 1. The Balaban J connectivity index is 2.05. The number of likely N-dealkylation sites (N-methyl/N-ethyl adjacent to an activating group) is 2. The van der Waals surface area contributed by atoms with Crippen LogP contribution in [0.3, 0.4) is 0 Å². The molecule has 0 amide bonds. The topological polar surface area (TPSA) is 52.7 Å². The number of rotatable bonds is 6. The van der Waals surface area contributed by atoms with Crippen molar-refractivity contribution in [3.63, 3.8) is 0 Å². The molecule has 1 saturated heterocycles. The van der Waals surface area contributed by atoms with Crippen molar-refractivity contribution in [3.8, 4) is 0 Å². The zero-order chi connectivity index (χ0) is 15.3. The molecule has 21 heavy (non-hydrogen) atoms. The van der Waals surface area contributed by atoms with Gasteiger partial charge < -0.3 is 10.2 Å². The largest absolute Gasteiger partial charge is 0.319 e. The van der Waals surface area contributed by atoms with Crippen molar-refractivity contribution in [2.45, 2.75) is 18.2 Å². The maximum atomic E-state index is 12.6. The normalized spacial score (nSPS) is 18.0. The van der Waals surface area contributed by atoms with Crippen LogP contribution in [0.1, 0.15) is 12.5 Å². The predicted octanol–water partition coefficient (Wildman–Crippen LogP) is 0.775. The molecule has 2 rings (SSSR count). The number of nitrogens with one attached hydrogen (secondary N) is 1. The lowest BCUT2D eigenvalue weighted by Gasteiger charge is -2.33. The minimum Gasteiger partial charge on any atom is -0.319 e. The van der Waals surface area contributed by atoms with Crippen molar-refractivity contribution in [1.82, 2.24) is 14.5 Å². The molecule has 5 nitrogen and oxygen atoms in total. The van der Waals surface area contributed by atoms with Gasteiger partial charge in [-0.3, -0.25) is 0 Å². The van der Waals surface area contributed by atoms with E-state index < -0.39 is 10.0 Å². The van der Waals surface area contributed by atoms with Gasteiger partial charge in [0, 0.05) is 26.2 Å². The highest BCUT2D eigenvalue weighted by molar-refractivity contribution is 7.89. The van der Waals surface area contributed by atoms with Crippen molar-refractivity contribution in [2.24, 2.45) is 0 Å². The van der Waals surface area contributed by atoms with Crippen molar-refractivity contribution in [1.29, 1.82) is 0 Å². The van der Waals surface area contributed by atoms with Crippen LogP contribution in [0.15, 0.2) is 29.2 Å². The van der Waals surface area contributed by atoms with Crippen LogP contribution in [0.5, 0.6) is 0 Å². The third kappa shape index (κ3) is 4.03. The molecule has 0 radical (unpaired) electrons. The summed E-state index contributed by atoms with van der Waals surface area (Å²) in [5, 5.41) is 3.09. The minimum absolute atomic E-state index is 0.403. The molecule has 0 unspecified atom stereocenters. The van der Waals surface area contributed by atoms with Crippen LogP contribution in [-0.4, -0.2) is 63.9 Å². The second-order valence-electron chi connectivity index (χ2n) is 5.34. The summed E-state index contributed by atoms with van der Waals surface area (Å²) in [5.74, 6) is 0. The highest BCUT2D eigenvalue weighted by atomic mass is 32.2. The van der Waals surface area contributed by atoms with E-state index in [2.05, 4.69) is 17.1 Å². The Morgan fingerprint density at radius 1 is 1.10 bits per heavy atom. The van der Waals surface area contributed by atoms with E-state index in [1.165, 1.54) is 0 Å². The Morgan fingerprint density at radius 2 is 1.71 bits per heavy atom. The van der Waals surface area contributed by atoms with E-state index in [1.54, 1.807) is 16.4 Å². The molecular formula is C15H25N3O2S. The molecule has 1 aromatic rings. The van der Waals surface area contributed by atoms with Gasteiger partial charge in [-0.25, -0.2) is 8.42 Å². The fourth-order valence-electron chi connectivity index (χ4n) is 2.53. The van der Waals surface area contributed by atoms with E-state index in [0.717, 1.165) is 38.2 Å². The lowest BCUT2D eigenvalue weighted by atomic mass is 10.1. The first kappa shape index (κ1) is 16.4. The number of hydrogen-bond donors (Lipinski definition) is 1. The van der Waals surface area contributed by atoms with Gasteiger partial charge in [0.2, 0.25) is 10.0 Å². The average molecular weight is 311 g/mol. The lowest BCUT2D eigenvalue weighted by Crippen LogP contribution is -2.48. The summed E-state index contributed by atoms with van der Waals surface area (Å²) in [7, 11) is -1.43. The monoisotopic (exact) mass is 311 g/mol. The quantitative estimate of drug-likeness (QED) is 0.843.